The summed E-state index contributed by atoms with van der Waals surface area (Å²) >= 11 is 5.81. The second kappa shape index (κ2) is 8.67. The fourth-order valence-electron chi connectivity index (χ4n) is 2.94. The fourth-order valence-corrected chi connectivity index (χ4v) is 4.21. The first-order valence-corrected chi connectivity index (χ1v) is 10.7. The van der Waals surface area contributed by atoms with Crippen molar-refractivity contribution in [3.05, 3.63) is 77.3 Å². The number of carbonyl (C=O) groups excluding carboxylic acids is 1. The molecule has 3 aromatic rings. The number of carbonyl (C=O) groups is 1. The molecule has 2 aromatic carbocycles. The molecule has 152 valence electrons. The first-order valence-electron chi connectivity index (χ1n) is 8.69. The van der Waals surface area contributed by atoms with Gasteiger partial charge < -0.3 is 14.6 Å². The van der Waals surface area contributed by atoms with Crippen LogP contribution in [0, 0.1) is 0 Å². The van der Waals surface area contributed by atoms with Gasteiger partial charge in [-0.1, -0.05) is 29.8 Å². The Balaban J connectivity index is 1.89. The molecule has 0 radical (unpaired) electrons. The maximum atomic E-state index is 12.7. The van der Waals surface area contributed by atoms with Crippen molar-refractivity contribution in [2.45, 2.75) is 10.9 Å². The average Bonchev–Trinajstić information content (AvgIpc) is 3.11. The van der Waals surface area contributed by atoms with Crippen LogP contribution in [0.2, 0.25) is 5.02 Å². The molecule has 0 spiro atoms. The number of para-hydroxylation sites is 1. The van der Waals surface area contributed by atoms with Crippen LogP contribution >= 0.6 is 11.6 Å². The highest BCUT2D eigenvalue weighted by atomic mass is 35.5. The van der Waals surface area contributed by atoms with Gasteiger partial charge in [-0.15, -0.1) is 0 Å². The molecule has 0 fully saturated rings. The number of aromatic nitrogens is 2. The molecule has 29 heavy (non-hydrogen) atoms. The molecule has 9 heteroatoms. The fraction of sp³-hybridized carbons (Fsp3) is 0.200. The number of sulfone groups is 1. The topological polar surface area (TPSA) is 90.3 Å². The Hall–Kier alpha value is -2.84. The van der Waals surface area contributed by atoms with Gasteiger partial charge >= 0.3 is 0 Å². The van der Waals surface area contributed by atoms with Gasteiger partial charge in [0.25, 0.3) is 0 Å². The Bertz CT molecular complexity index is 1110. The number of aryl methyl sites for hydroxylation is 1. The quantitative estimate of drug-likeness (QED) is 0.618. The third kappa shape index (κ3) is 4.78. The highest BCUT2D eigenvalue weighted by Crippen LogP contribution is 2.29. The SMILES string of the molecule is COc1ccccc1C(NC(=O)CS(=O)(=O)c1ccc(Cl)cc1)c1nccn1C. The Morgan fingerprint density at radius 1 is 1.21 bits per heavy atom. The summed E-state index contributed by atoms with van der Waals surface area (Å²) in [6.07, 6.45) is 3.35. The van der Waals surface area contributed by atoms with Crippen LogP contribution in [0.3, 0.4) is 0 Å². The van der Waals surface area contributed by atoms with Gasteiger partial charge in [0.05, 0.1) is 12.0 Å². The molecule has 0 aliphatic heterocycles. The minimum Gasteiger partial charge on any atom is -0.496 e. The van der Waals surface area contributed by atoms with Crippen LogP contribution in [0.25, 0.3) is 0 Å². The van der Waals surface area contributed by atoms with Crippen molar-refractivity contribution < 1.29 is 17.9 Å². The minimum absolute atomic E-state index is 0.0304. The lowest BCUT2D eigenvalue weighted by atomic mass is 10.0. The highest BCUT2D eigenvalue weighted by molar-refractivity contribution is 7.92. The Labute approximate surface area is 174 Å². The van der Waals surface area contributed by atoms with Crippen LogP contribution in [-0.2, 0) is 21.7 Å². The van der Waals surface area contributed by atoms with Gasteiger partial charge in [0, 0.05) is 30.0 Å². The first kappa shape index (κ1) is 20.9. The summed E-state index contributed by atoms with van der Waals surface area (Å²) < 4.78 is 32.4. The lowest BCUT2D eigenvalue weighted by molar-refractivity contribution is -0.119. The van der Waals surface area contributed by atoms with Crippen molar-refractivity contribution >= 4 is 27.3 Å². The lowest BCUT2D eigenvalue weighted by Gasteiger charge is -2.21. The number of hydrogen-bond acceptors (Lipinski definition) is 5. The second-order valence-electron chi connectivity index (χ2n) is 6.35. The van der Waals surface area contributed by atoms with Crippen LogP contribution in [0.1, 0.15) is 17.4 Å². The van der Waals surface area contributed by atoms with E-state index in [4.69, 9.17) is 16.3 Å². The van der Waals surface area contributed by atoms with Crippen molar-refractivity contribution in [3.63, 3.8) is 0 Å². The number of imidazole rings is 1. The average molecular weight is 434 g/mol. The zero-order valence-electron chi connectivity index (χ0n) is 15.9. The number of nitrogens with one attached hydrogen (secondary N) is 1. The number of rotatable bonds is 7. The zero-order chi connectivity index (χ0) is 21.0. The molecule has 1 unspecified atom stereocenters. The summed E-state index contributed by atoms with van der Waals surface area (Å²) in [6.45, 7) is 0. The number of halogens is 1. The number of ether oxygens (including phenoxy) is 1. The van der Waals surface area contributed by atoms with Crippen LogP contribution in [-0.4, -0.2) is 36.7 Å². The number of hydrogen-bond donors (Lipinski definition) is 1. The van der Waals surface area contributed by atoms with E-state index in [1.807, 2.05) is 12.1 Å². The summed E-state index contributed by atoms with van der Waals surface area (Å²) in [7, 11) is -0.506. The van der Waals surface area contributed by atoms with Crippen LogP contribution < -0.4 is 10.1 Å². The minimum atomic E-state index is -3.83. The Morgan fingerprint density at radius 2 is 1.90 bits per heavy atom. The van der Waals surface area contributed by atoms with E-state index >= 15 is 0 Å². The van der Waals surface area contributed by atoms with Crippen molar-refractivity contribution in [3.8, 4) is 5.75 Å². The van der Waals surface area contributed by atoms with Crippen molar-refractivity contribution in [2.75, 3.05) is 12.9 Å². The lowest BCUT2D eigenvalue weighted by Crippen LogP contribution is -2.35. The third-order valence-corrected chi connectivity index (χ3v) is 6.25. The number of amides is 1. The van der Waals surface area contributed by atoms with E-state index in [2.05, 4.69) is 10.3 Å². The van der Waals surface area contributed by atoms with E-state index in [0.717, 1.165) is 0 Å². The smallest absolute Gasteiger partial charge is 0.236 e. The van der Waals surface area contributed by atoms with Crippen LogP contribution in [0.5, 0.6) is 5.75 Å². The normalized spacial score (nSPS) is 12.4. The summed E-state index contributed by atoms with van der Waals surface area (Å²) in [5.74, 6) is -0.253. The Kier molecular flexibility index (Phi) is 6.24. The van der Waals surface area contributed by atoms with E-state index in [9.17, 15) is 13.2 Å². The molecular weight excluding hydrogens is 414 g/mol. The molecule has 7 nitrogen and oxygen atoms in total. The summed E-state index contributed by atoms with van der Waals surface area (Å²) in [5, 5.41) is 3.20. The standard InChI is InChI=1S/C20H20ClN3O4S/c1-24-12-11-22-20(24)19(16-5-3-4-6-17(16)28-2)23-18(25)13-29(26,27)15-9-7-14(21)8-10-15/h3-12,19H,13H2,1-2H3,(H,23,25). The molecule has 1 N–H and O–H groups in total. The summed E-state index contributed by atoms with van der Waals surface area (Å²) in [6, 6.07) is 12.2. The van der Waals surface area contributed by atoms with E-state index < -0.39 is 27.5 Å². The molecule has 1 atom stereocenters. The van der Waals surface area contributed by atoms with Crippen LogP contribution in [0.4, 0.5) is 0 Å². The predicted octanol–water partition coefficient (Wildman–Crippen LogP) is 2.76. The van der Waals surface area contributed by atoms with Crippen molar-refractivity contribution in [1.29, 1.82) is 0 Å². The molecule has 1 amide bonds. The van der Waals surface area contributed by atoms with Crippen molar-refractivity contribution in [2.24, 2.45) is 7.05 Å². The molecule has 0 saturated heterocycles. The third-order valence-electron chi connectivity index (χ3n) is 4.37. The van der Waals surface area contributed by atoms with Gasteiger partial charge in [-0.05, 0) is 30.3 Å². The molecule has 0 saturated carbocycles. The van der Waals surface area contributed by atoms with E-state index in [1.54, 1.807) is 36.1 Å². The van der Waals surface area contributed by atoms with Crippen molar-refractivity contribution in [1.82, 2.24) is 14.9 Å². The van der Waals surface area contributed by atoms with Gasteiger partial charge in [-0.2, -0.15) is 0 Å². The predicted molar refractivity (Wildman–Crippen MR) is 110 cm³/mol. The van der Waals surface area contributed by atoms with Gasteiger partial charge in [0.2, 0.25) is 5.91 Å². The van der Waals surface area contributed by atoms with Gasteiger partial charge in [0.15, 0.2) is 9.84 Å². The Morgan fingerprint density at radius 3 is 2.52 bits per heavy atom. The van der Waals surface area contributed by atoms with E-state index in [1.165, 1.54) is 31.4 Å². The maximum absolute atomic E-state index is 12.7. The number of nitrogens with zero attached hydrogens (tertiary/aromatic N) is 2. The maximum Gasteiger partial charge on any atom is 0.236 e. The summed E-state index contributed by atoms with van der Waals surface area (Å²) in [4.78, 5) is 17.0. The number of benzene rings is 2. The van der Waals surface area contributed by atoms with Crippen LogP contribution in [0.15, 0.2) is 65.8 Å². The molecule has 0 aliphatic carbocycles. The molecule has 1 aromatic heterocycles. The van der Waals surface area contributed by atoms with Gasteiger partial charge in [-0.3, -0.25) is 4.79 Å². The molecule has 0 aliphatic rings. The van der Waals surface area contributed by atoms with Gasteiger partial charge in [-0.25, -0.2) is 13.4 Å². The molecular formula is C20H20ClN3O4S. The van der Waals surface area contributed by atoms with E-state index in [-0.39, 0.29) is 4.90 Å². The largest absolute Gasteiger partial charge is 0.496 e. The molecule has 0 bridgehead atoms. The number of methoxy groups -OCH3 is 1. The van der Waals surface area contributed by atoms with E-state index in [0.29, 0.717) is 22.2 Å². The van der Waals surface area contributed by atoms with Gasteiger partial charge in [0.1, 0.15) is 23.4 Å². The monoisotopic (exact) mass is 433 g/mol. The highest BCUT2D eigenvalue weighted by Gasteiger charge is 2.26. The molecule has 1 heterocycles. The zero-order valence-corrected chi connectivity index (χ0v) is 17.4. The molecule has 3 rings (SSSR count). The summed E-state index contributed by atoms with van der Waals surface area (Å²) in [5.41, 5.74) is 0.668. The second-order valence-corrected chi connectivity index (χ2v) is 8.78. The first-order chi connectivity index (χ1) is 13.8.